The van der Waals surface area contributed by atoms with Crippen LogP contribution in [0.4, 0.5) is 0 Å². The molecule has 0 aliphatic heterocycles. The molecule has 3 nitrogen and oxygen atoms in total. The van der Waals surface area contributed by atoms with Gasteiger partial charge in [-0.2, -0.15) is 0 Å². The number of rotatable bonds is 4. The number of aromatic nitrogens is 3. The van der Waals surface area contributed by atoms with E-state index in [9.17, 15) is 0 Å². The molecule has 3 heteroatoms. The Hall–Kier alpha value is -5.67. The summed E-state index contributed by atoms with van der Waals surface area (Å²) in [5.74, 6) is 0.712. The molecule has 0 saturated heterocycles. The van der Waals surface area contributed by atoms with Gasteiger partial charge >= 0.3 is 0 Å². The lowest BCUT2D eigenvalue weighted by molar-refractivity contribution is 1.23. The molecule has 0 spiro atoms. The smallest absolute Gasteiger partial charge is 0.160 e. The topological polar surface area (TPSA) is 38.7 Å². The minimum absolute atomic E-state index is 0.712. The monoisotopic (exact) mass is 535 g/mol. The van der Waals surface area contributed by atoms with Crippen molar-refractivity contribution in [2.75, 3.05) is 0 Å². The third-order valence-corrected chi connectivity index (χ3v) is 7.91. The average Bonchev–Trinajstić information content (AvgIpc) is 3.08. The molecule has 8 aromatic rings. The van der Waals surface area contributed by atoms with Crippen LogP contribution in [0.25, 0.3) is 77.5 Å². The van der Waals surface area contributed by atoms with E-state index in [4.69, 9.17) is 9.97 Å². The minimum atomic E-state index is 0.712. The maximum atomic E-state index is 5.17. The van der Waals surface area contributed by atoms with Crippen molar-refractivity contribution in [1.29, 1.82) is 0 Å². The molecule has 0 radical (unpaired) electrons. The van der Waals surface area contributed by atoms with Gasteiger partial charge in [-0.05, 0) is 51.9 Å². The Bertz CT molecular complexity index is 2240. The van der Waals surface area contributed by atoms with Crippen LogP contribution < -0.4 is 0 Å². The summed E-state index contributed by atoms with van der Waals surface area (Å²) in [5.41, 5.74) is 9.61. The van der Waals surface area contributed by atoms with E-state index >= 15 is 0 Å². The van der Waals surface area contributed by atoms with Crippen LogP contribution in [0.5, 0.6) is 0 Å². The van der Waals surface area contributed by atoms with E-state index in [-0.39, 0.29) is 0 Å². The molecular formula is C39H25N3. The van der Waals surface area contributed by atoms with Crippen molar-refractivity contribution in [2.45, 2.75) is 0 Å². The average molecular weight is 536 g/mol. The van der Waals surface area contributed by atoms with Gasteiger partial charge in [-0.3, -0.25) is 4.98 Å². The molecule has 8 rings (SSSR count). The van der Waals surface area contributed by atoms with Crippen LogP contribution in [0.15, 0.2) is 152 Å². The third kappa shape index (κ3) is 4.20. The minimum Gasteiger partial charge on any atom is -0.256 e. The molecule has 2 aromatic heterocycles. The highest BCUT2D eigenvalue weighted by atomic mass is 14.9. The zero-order chi connectivity index (χ0) is 27.9. The first kappa shape index (κ1) is 24.2. The SMILES string of the molecule is c1ccc(-c2ccc(-c3nc(-c4cccc(-c5cc6cccnc6c6ccccc56)c4)nc4ccccc34)cc2)cc1. The summed E-state index contributed by atoms with van der Waals surface area (Å²) in [6.45, 7) is 0. The summed E-state index contributed by atoms with van der Waals surface area (Å²) in [6.07, 6.45) is 1.86. The quantitative estimate of drug-likeness (QED) is 0.211. The molecule has 6 aromatic carbocycles. The Morgan fingerprint density at radius 2 is 1.07 bits per heavy atom. The molecule has 2 heterocycles. The van der Waals surface area contributed by atoms with Crippen LogP contribution in [0.2, 0.25) is 0 Å². The lowest BCUT2D eigenvalue weighted by Gasteiger charge is -2.13. The van der Waals surface area contributed by atoms with Gasteiger partial charge in [0, 0.05) is 33.5 Å². The molecule has 0 N–H and O–H groups in total. The fourth-order valence-electron chi connectivity index (χ4n) is 5.86. The predicted molar refractivity (Wildman–Crippen MR) is 174 cm³/mol. The summed E-state index contributed by atoms with van der Waals surface area (Å²) < 4.78 is 0. The van der Waals surface area contributed by atoms with E-state index < -0.39 is 0 Å². The number of hydrogen-bond acceptors (Lipinski definition) is 3. The number of para-hydroxylation sites is 1. The predicted octanol–water partition coefficient (Wildman–Crippen LogP) is 10.00. The van der Waals surface area contributed by atoms with Crippen LogP contribution in [-0.2, 0) is 0 Å². The van der Waals surface area contributed by atoms with Crippen molar-refractivity contribution in [3.8, 4) is 44.9 Å². The Kier molecular flexibility index (Phi) is 5.79. The Morgan fingerprint density at radius 3 is 1.93 bits per heavy atom. The van der Waals surface area contributed by atoms with Crippen LogP contribution in [0, 0.1) is 0 Å². The van der Waals surface area contributed by atoms with Crippen LogP contribution in [0.3, 0.4) is 0 Å². The molecular weight excluding hydrogens is 510 g/mol. The van der Waals surface area contributed by atoms with Gasteiger partial charge < -0.3 is 0 Å². The molecule has 0 fully saturated rings. The van der Waals surface area contributed by atoms with Gasteiger partial charge in [-0.1, -0.05) is 121 Å². The number of benzene rings is 6. The van der Waals surface area contributed by atoms with Gasteiger partial charge in [0.25, 0.3) is 0 Å². The Labute approximate surface area is 243 Å². The summed E-state index contributed by atoms with van der Waals surface area (Å²) in [5, 5.41) is 4.50. The van der Waals surface area contributed by atoms with Gasteiger partial charge in [-0.25, -0.2) is 9.97 Å². The van der Waals surface area contributed by atoms with E-state index in [0.29, 0.717) is 5.82 Å². The summed E-state index contributed by atoms with van der Waals surface area (Å²) >= 11 is 0. The van der Waals surface area contributed by atoms with Crippen LogP contribution in [-0.4, -0.2) is 15.0 Å². The maximum Gasteiger partial charge on any atom is 0.160 e. The Balaban J connectivity index is 1.27. The summed E-state index contributed by atoms with van der Waals surface area (Å²) in [6, 6.07) is 50.8. The highest BCUT2D eigenvalue weighted by Gasteiger charge is 2.14. The third-order valence-electron chi connectivity index (χ3n) is 7.91. The second-order valence-corrected chi connectivity index (χ2v) is 10.5. The van der Waals surface area contributed by atoms with Gasteiger partial charge in [0.15, 0.2) is 5.82 Å². The normalized spacial score (nSPS) is 11.3. The van der Waals surface area contributed by atoms with E-state index in [1.807, 2.05) is 30.5 Å². The fraction of sp³-hybridized carbons (Fsp3) is 0. The molecule has 0 unspecified atom stereocenters. The maximum absolute atomic E-state index is 5.17. The molecule has 0 bridgehead atoms. The number of pyridine rings is 1. The van der Waals surface area contributed by atoms with Crippen molar-refractivity contribution in [1.82, 2.24) is 15.0 Å². The van der Waals surface area contributed by atoms with E-state index in [1.54, 1.807) is 0 Å². The highest BCUT2D eigenvalue weighted by molar-refractivity contribution is 6.12. The fourth-order valence-corrected chi connectivity index (χ4v) is 5.86. The van der Waals surface area contributed by atoms with Crippen LogP contribution in [0.1, 0.15) is 0 Å². The first-order valence-electron chi connectivity index (χ1n) is 14.1. The van der Waals surface area contributed by atoms with Gasteiger partial charge in [0.1, 0.15) is 0 Å². The van der Waals surface area contributed by atoms with Crippen LogP contribution >= 0.6 is 0 Å². The zero-order valence-electron chi connectivity index (χ0n) is 22.8. The number of fused-ring (bicyclic) bond motifs is 4. The molecule has 0 amide bonds. The van der Waals surface area contributed by atoms with Crippen molar-refractivity contribution in [3.05, 3.63) is 152 Å². The molecule has 196 valence electrons. The van der Waals surface area contributed by atoms with E-state index in [2.05, 4.69) is 126 Å². The second-order valence-electron chi connectivity index (χ2n) is 10.5. The van der Waals surface area contributed by atoms with Crippen molar-refractivity contribution < 1.29 is 0 Å². The van der Waals surface area contributed by atoms with E-state index in [1.165, 1.54) is 22.1 Å². The number of hydrogen-bond donors (Lipinski definition) is 0. The van der Waals surface area contributed by atoms with Crippen molar-refractivity contribution >= 4 is 32.6 Å². The number of nitrogens with zero attached hydrogens (tertiary/aromatic N) is 3. The summed E-state index contributed by atoms with van der Waals surface area (Å²) in [4.78, 5) is 14.9. The van der Waals surface area contributed by atoms with E-state index in [0.717, 1.165) is 49.6 Å². The van der Waals surface area contributed by atoms with Gasteiger partial charge in [0.2, 0.25) is 0 Å². The standard InChI is InChI=1S/C39H25N3/c1-2-10-26(11-3-1)27-19-21-28(22-20-27)38-34-17-6-7-18-36(34)41-39(42-38)31-13-8-12-29(24-31)35-25-30-14-9-23-40-37(30)33-16-5-4-15-32(33)35/h1-25H. The summed E-state index contributed by atoms with van der Waals surface area (Å²) in [7, 11) is 0. The molecule has 42 heavy (non-hydrogen) atoms. The first-order valence-corrected chi connectivity index (χ1v) is 14.1. The van der Waals surface area contributed by atoms with Gasteiger partial charge in [0.05, 0.1) is 16.7 Å². The van der Waals surface area contributed by atoms with Gasteiger partial charge in [-0.15, -0.1) is 0 Å². The molecule has 0 aliphatic carbocycles. The Morgan fingerprint density at radius 1 is 0.405 bits per heavy atom. The van der Waals surface area contributed by atoms with Crippen molar-refractivity contribution in [3.63, 3.8) is 0 Å². The second kappa shape index (κ2) is 10.1. The lowest BCUT2D eigenvalue weighted by atomic mass is 9.94. The van der Waals surface area contributed by atoms with Crippen molar-refractivity contribution in [2.24, 2.45) is 0 Å². The highest BCUT2D eigenvalue weighted by Crippen LogP contribution is 2.36. The largest absolute Gasteiger partial charge is 0.256 e. The lowest BCUT2D eigenvalue weighted by Crippen LogP contribution is -1.95. The zero-order valence-corrected chi connectivity index (χ0v) is 22.8. The molecule has 0 saturated carbocycles. The molecule has 0 aliphatic rings. The molecule has 0 atom stereocenters. The first-order chi connectivity index (χ1) is 20.8.